The molecule has 1 amide bonds. The molecule has 7 heteroatoms. The van der Waals surface area contributed by atoms with E-state index in [4.69, 9.17) is 14.7 Å². The number of benzene rings is 1. The second-order valence-electron chi connectivity index (χ2n) is 3.88. The summed E-state index contributed by atoms with van der Waals surface area (Å²) in [5.74, 6) is 0.995. The highest BCUT2D eigenvalue weighted by molar-refractivity contribution is 7.16. The molecule has 108 valence electrons. The second-order valence-corrected chi connectivity index (χ2v) is 4.91. The molecular weight excluding hydrogens is 290 g/mol. The van der Waals surface area contributed by atoms with Gasteiger partial charge in [-0.05, 0) is 31.2 Å². The lowest BCUT2D eigenvalue weighted by molar-refractivity contribution is -0.118. The van der Waals surface area contributed by atoms with Crippen LogP contribution in [-0.2, 0) is 4.79 Å². The van der Waals surface area contributed by atoms with Crippen LogP contribution in [0.3, 0.4) is 0 Å². The summed E-state index contributed by atoms with van der Waals surface area (Å²) in [5, 5.41) is 11.6. The van der Waals surface area contributed by atoms with Gasteiger partial charge < -0.3 is 9.47 Å². The number of nitriles is 1. The van der Waals surface area contributed by atoms with Crippen molar-refractivity contribution < 1.29 is 14.3 Å². The van der Waals surface area contributed by atoms with Crippen molar-refractivity contribution in [2.45, 2.75) is 6.92 Å². The minimum absolute atomic E-state index is 0.130. The van der Waals surface area contributed by atoms with Crippen LogP contribution in [0.5, 0.6) is 11.5 Å². The summed E-state index contributed by atoms with van der Waals surface area (Å²) in [5.41, 5.74) is 0. The number of aromatic nitrogens is 1. The van der Waals surface area contributed by atoms with Crippen molar-refractivity contribution in [3.05, 3.63) is 35.3 Å². The number of carbonyl (C=O) groups excluding carboxylic acids is 1. The molecule has 0 radical (unpaired) electrons. The Balaban J connectivity index is 1.82. The number of carbonyl (C=O) groups is 1. The largest absolute Gasteiger partial charge is 0.494 e. The number of rotatable bonds is 6. The molecule has 2 aromatic rings. The van der Waals surface area contributed by atoms with Gasteiger partial charge in [0.25, 0.3) is 5.91 Å². The predicted molar refractivity (Wildman–Crippen MR) is 78.6 cm³/mol. The molecule has 0 saturated heterocycles. The zero-order valence-electron chi connectivity index (χ0n) is 11.3. The summed E-state index contributed by atoms with van der Waals surface area (Å²) in [6.45, 7) is 2.38. The van der Waals surface area contributed by atoms with Crippen LogP contribution in [0.25, 0.3) is 0 Å². The van der Waals surface area contributed by atoms with Crippen LogP contribution >= 0.6 is 11.3 Å². The van der Waals surface area contributed by atoms with Gasteiger partial charge in [-0.15, -0.1) is 0 Å². The first kappa shape index (κ1) is 14.8. The molecule has 2 rings (SSSR count). The molecule has 1 aromatic heterocycles. The lowest BCUT2D eigenvalue weighted by Gasteiger charge is -2.07. The van der Waals surface area contributed by atoms with Gasteiger partial charge >= 0.3 is 0 Å². The van der Waals surface area contributed by atoms with Crippen molar-refractivity contribution in [3.63, 3.8) is 0 Å². The van der Waals surface area contributed by atoms with E-state index < -0.39 is 0 Å². The van der Waals surface area contributed by atoms with Gasteiger partial charge in [-0.25, -0.2) is 4.98 Å². The smallest absolute Gasteiger partial charge is 0.264 e. The van der Waals surface area contributed by atoms with Gasteiger partial charge in [0.2, 0.25) is 0 Å². The molecular formula is C14H13N3O3S. The predicted octanol–water partition coefficient (Wildman–Crippen LogP) is 2.43. The lowest BCUT2D eigenvalue weighted by atomic mass is 10.3. The Bertz CT molecular complexity index is 646. The quantitative estimate of drug-likeness (QED) is 0.886. The van der Waals surface area contributed by atoms with E-state index >= 15 is 0 Å². The van der Waals surface area contributed by atoms with Crippen molar-refractivity contribution >= 4 is 22.4 Å². The maximum Gasteiger partial charge on any atom is 0.264 e. The number of amides is 1. The van der Waals surface area contributed by atoms with Crippen LogP contribution in [0, 0.1) is 11.3 Å². The third kappa shape index (κ3) is 4.47. The number of nitrogens with one attached hydrogen (secondary N) is 1. The van der Waals surface area contributed by atoms with Crippen LogP contribution in [-0.4, -0.2) is 24.1 Å². The number of nitrogens with zero attached hydrogens (tertiary/aromatic N) is 2. The molecule has 21 heavy (non-hydrogen) atoms. The Labute approximate surface area is 126 Å². The molecule has 0 aliphatic heterocycles. The summed E-state index contributed by atoms with van der Waals surface area (Å²) >= 11 is 1.11. The molecule has 0 unspecified atom stereocenters. The van der Waals surface area contributed by atoms with E-state index in [1.165, 1.54) is 6.20 Å². The fourth-order valence-electron chi connectivity index (χ4n) is 1.49. The second kappa shape index (κ2) is 7.26. The van der Waals surface area contributed by atoms with Gasteiger partial charge in [0.1, 0.15) is 22.4 Å². The minimum atomic E-state index is -0.331. The number of hydrogen-bond acceptors (Lipinski definition) is 6. The zero-order valence-corrected chi connectivity index (χ0v) is 12.1. The maximum absolute atomic E-state index is 11.7. The highest BCUT2D eigenvalue weighted by Gasteiger charge is 2.07. The fraction of sp³-hybridized carbons (Fsp3) is 0.214. The average Bonchev–Trinajstić information content (AvgIpc) is 2.94. The van der Waals surface area contributed by atoms with Crippen molar-refractivity contribution in [2.75, 3.05) is 18.5 Å². The van der Waals surface area contributed by atoms with Crippen molar-refractivity contribution in [1.82, 2.24) is 4.98 Å². The van der Waals surface area contributed by atoms with E-state index in [-0.39, 0.29) is 12.5 Å². The number of anilines is 1. The molecule has 0 bridgehead atoms. The normalized spacial score (nSPS) is 9.71. The monoisotopic (exact) mass is 303 g/mol. The summed E-state index contributed by atoms with van der Waals surface area (Å²) in [6.07, 6.45) is 1.41. The fourth-order valence-corrected chi connectivity index (χ4v) is 2.12. The Morgan fingerprint density at radius 2 is 2.00 bits per heavy atom. The van der Waals surface area contributed by atoms with Gasteiger partial charge in [-0.1, -0.05) is 11.3 Å². The summed E-state index contributed by atoms with van der Waals surface area (Å²) in [7, 11) is 0. The first-order valence-corrected chi connectivity index (χ1v) is 7.04. The van der Waals surface area contributed by atoms with Gasteiger partial charge in [-0.2, -0.15) is 5.26 Å². The SMILES string of the molecule is CCOc1ccc(OCC(=O)Nc2ncc(C#N)s2)cc1. The number of ether oxygens (including phenoxy) is 2. The van der Waals surface area contributed by atoms with Crippen molar-refractivity contribution in [2.24, 2.45) is 0 Å². The first-order valence-electron chi connectivity index (χ1n) is 6.22. The standard InChI is InChI=1S/C14H13N3O3S/c1-2-19-10-3-5-11(6-4-10)20-9-13(18)17-14-16-8-12(7-15)21-14/h3-6,8H,2,9H2,1H3,(H,16,17,18). The van der Waals surface area contributed by atoms with Crippen LogP contribution in [0.1, 0.15) is 11.8 Å². The van der Waals surface area contributed by atoms with Crippen LogP contribution < -0.4 is 14.8 Å². The zero-order chi connectivity index (χ0) is 15.1. The molecule has 0 saturated carbocycles. The van der Waals surface area contributed by atoms with Gasteiger partial charge in [0.05, 0.1) is 12.8 Å². The van der Waals surface area contributed by atoms with Crippen LogP contribution in [0.2, 0.25) is 0 Å². The van der Waals surface area contributed by atoms with E-state index in [0.29, 0.717) is 22.4 Å². The van der Waals surface area contributed by atoms with Crippen LogP contribution in [0.4, 0.5) is 5.13 Å². The molecule has 0 fully saturated rings. The van der Waals surface area contributed by atoms with Crippen molar-refractivity contribution in [1.29, 1.82) is 5.26 Å². The lowest BCUT2D eigenvalue weighted by Crippen LogP contribution is -2.19. The number of hydrogen-bond donors (Lipinski definition) is 1. The molecule has 1 N–H and O–H groups in total. The molecule has 1 heterocycles. The third-order valence-corrected chi connectivity index (χ3v) is 3.18. The average molecular weight is 303 g/mol. The van der Waals surface area contributed by atoms with E-state index in [1.54, 1.807) is 24.3 Å². The van der Waals surface area contributed by atoms with E-state index in [9.17, 15) is 4.79 Å². The molecule has 6 nitrogen and oxygen atoms in total. The molecule has 0 spiro atoms. The van der Waals surface area contributed by atoms with E-state index in [0.717, 1.165) is 17.1 Å². The highest BCUT2D eigenvalue weighted by Crippen LogP contribution is 2.18. The molecule has 0 atom stereocenters. The molecule has 0 aliphatic rings. The van der Waals surface area contributed by atoms with Gasteiger partial charge in [0.15, 0.2) is 11.7 Å². The van der Waals surface area contributed by atoms with Gasteiger partial charge in [-0.3, -0.25) is 10.1 Å². The Hall–Kier alpha value is -2.59. The maximum atomic E-state index is 11.7. The summed E-state index contributed by atoms with van der Waals surface area (Å²) in [6, 6.07) is 8.97. The Kier molecular flexibility index (Phi) is 5.12. The summed E-state index contributed by atoms with van der Waals surface area (Å²) < 4.78 is 10.7. The van der Waals surface area contributed by atoms with E-state index in [2.05, 4.69) is 10.3 Å². The highest BCUT2D eigenvalue weighted by atomic mass is 32.1. The Morgan fingerprint density at radius 3 is 2.57 bits per heavy atom. The first-order chi connectivity index (χ1) is 10.2. The minimum Gasteiger partial charge on any atom is -0.494 e. The number of thiazole rings is 1. The Morgan fingerprint density at radius 1 is 1.33 bits per heavy atom. The molecule has 0 aliphatic carbocycles. The topological polar surface area (TPSA) is 84.2 Å². The summed E-state index contributed by atoms with van der Waals surface area (Å²) in [4.78, 5) is 16.0. The molecule has 1 aromatic carbocycles. The third-order valence-electron chi connectivity index (χ3n) is 2.37. The van der Waals surface area contributed by atoms with Crippen molar-refractivity contribution in [3.8, 4) is 17.6 Å². The van der Waals surface area contributed by atoms with E-state index in [1.807, 2.05) is 13.0 Å². The van der Waals surface area contributed by atoms with Crippen LogP contribution in [0.15, 0.2) is 30.5 Å². The van der Waals surface area contributed by atoms with Gasteiger partial charge in [0, 0.05) is 0 Å².